The van der Waals surface area contributed by atoms with E-state index < -0.39 is 39.0 Å². The van der Waals surface area contributed by atoms with E-state index in [0.717, 1.165) is 10.4 Å². The van der Waals surface area contributed by atoms with Gasteiger partial charge in [-0.05, 0) is 15.4 Å². The van der Waals surface area contributed by atoms with Gasteiger partial charge < -0.3 is 29.2 Å². The third-order valence-electron chi connectivity index (χ3n) is 5.78. The molecule has 164 valence electrons. The van der Waals surface area contributed by atoms with Crippen LogP contribution in [0.2, 0.25) is 5.04 Å². The molecule has 1 heterocycles. The fourth-order valence-electron chi connectivity index (χ4n) is 4.22. The van der Waals surface area contributed by atoms with Gasteiger partial charge in [0.05, 0.1) is 6.61 Å². The van der Waals surface area contributed by atoms with Gasteiger partial charge in [0.2, 0.25) is 0 Å². The van der Waals surface area contributed by atoms with Crippen LogP contribution in [-0.4, -0.2) is 68.1 Å². The molecule has 5 atom stereocenters. The van der Waals surface area contributed by atoms with Crippen LogP contribution in [0.15, 0.2) is 60.7 Å². The van der Waals surface area contributed by atoms with Crippen molar-refractivity contribution >= 4 is 18.7 Å². The van der Waals surface area contributed by atoms with E-state index in [1.807, 2.05) is 36.4 Å². The first kappa shape index (κ1) is 23.1. The molecule has 0 aromatic heterocycles. The molecular formula is C23H32O6Si. The molecule has 0 radical (unpaired) electrons. The molecule has 3 rings (SSSR count). The van der Waals surface area contributed by atoms with Crippen LogP contribution in [0.25, 0.3) is 0 Å². The average Bonchev–Trinajstić information content (AvgIpc) is 2.74. The molecule has 1 aliphatic heterocycles. The zero-order valence-corrected chi connectivity index (χ0v) is 18.9. The number of benzene rings is 2. The Balaban J connectivity index is 2.00. The van der Waals surface area contributed by atoms with Crippen LogP contribution < -0.4 is 10.4 Å². The van der Waals surface area contributed by atoms with Gasteiger partial charge in [0.25, 0.3) is 8.32 Å². The lowest BCUT2D eigenvalue weighted by Gasteiger charge is -2.45. The smallest absolute Gasteiger partial charge is 0.261 e. The highest BCUT2D eigenvalue weighted by Crippen LogP contribution is 2.37. The van der Waals surface area contributed by atoms with Crippen LogP contribution >= 0.6 is 0 Å². The Kier molecular flexibility index (Phi) is 7.14. The van der Waals surface area contributed by atoms with E-state index in [4.69, 9.17) is 13.9 Å². The minimum Gasteiger partial charge on any atom is -0.405 e. The Labute approximate surface area is 179 Å². The molecule has 2 aromatic carbocycles. The summed E-state index contributed by atoms with van der Waals surface area (Å²) in [5.74, 6) is 0. The Hall–Kier alpha value is -1.58. The molecule has 0 spiro atoms. The molecule has 1 aliphatic rings. The highest BCUT2D eigenvalue weighted by molar-refractivity contribution is 6.99. The van der Waals surface area contributed by atoms with Gasteiger partial charge >= 0.3 is 0 Å². The average molecular weight is 433 g/mol. The van der Waals surface area contributed by atoms with Crippen molar-refractivity contribution in [1.82, 2.24) is 0 Å². The van der Waals surface area contributed by atoms with Crippen LogP contribution in [-0.2, 0) is 13.9 Å². The summed E-state index contributed by atoms with van der Waals surface area (Å²) < 4.78 is 17.6. The van der Waals surface area contributed by atoms with Crippen molar-refractivity contribution in [2.75, 3.05) is 13.7 Å². The number of rotatable bonds is 6. The second kappa shape index (κ2) is 9.28. The highest BCUT2D eigenvalue weighted by Gasteiger charge is 2.52. The molecule has 1 saturated heterocycles. The van der Waals surface area contributed by atoms with Crippen LogP contribution in [0.1, 0.15) is 20.8 Å². The number of aliphatic hydroxyl groups is 3. The Bertz CT molecular complexity index is 753. The van der Waals surface area contributed by atoms with Crippen molar-refractivity contribution < 1.29 is 29.2 Å². The van der Waals surface area contributed by atoms with Crippen LogP contribution in [0, 0.1) is 0 Å². The molecule has 7 heteroatoms. The maximum atomic E-state index is 10.5. The normalized spacial score (nSPS) is 27.8. The van der Waals surface area contributed by atoms with E-state index in [-0.39, 0.29) is 11.6 Å². The summed E-state index contributed by atoms with van der Waals surface area (Å²) in [5.41, 5.74) is 0. The zero-order chi connectivity index (χ0) is 21.9. The Morgan fingerprint density at radius 1 is 0.833 bits per heavy atom. The summed E-state index contributed by atoms with van der Waals surface area (Å²) >= 11 is 0. The fourth-order valence-corrected chi connectivity index (χ4v) is 8.79. The topological polar surface area (TPSA) is 88.4 Å². The third-order valence-corrected chi connectivity index (χ3v) is 10.8. The molecule has 2 aromatic rings. The molecule has 3 unspecified atom stereocenters. The van der Waals surface area contributed by atoms with E-state index in [2.05, 4.69) is 45.0 Å². The van der Waals surface area contributed by atoms with Crippen molar-refractivity contribution in [3.63, 3.8) is 0 Å². The molecule has 0 aliphatic carbocycles. The third kappa shape index (κ3) is 4.24. The van der Waals surface area contributed by atoms with Crippen LogP contribution in [0.4, 0.5) is 0 Å². The molecule has 6 nitrogen and oxygen atoms in total. The van der Waals surface area contributed by atoms with Crippen molar-refractivity contribution in [1.29, 1.82) is 0 Å². The van der Waals surface area contributed by atoms with E-state index in [1.165, 1.54) is 7.11 Å². The van der Waals surface area contributed by atoms with Gasteiger partial charge in [-0.15, -0.1) is 0 Å². The fraction of sp³-hybridized carbons (Fsp3) is 0.478. The first-order chi connectivity index (χ1) is 14.2. The van der Waals surface area contributed by atoms with Crippen molar-refractivity contribution in [2.24, 2.45) is 0 Å². The zero-order valence-electron chi connectivity index (χ0n) is 17.9. The van der Waals surface area contributed by atoms with Gasteiger partial charge in [-0.25, -0.2) is 0 Å². The number of methoxy groups -OCH3 is 1. The van der Waals surface area contributed by atoms with E-state index in [1.54, 1.807) is 0 Å². The lowest BCUT2D eigenvalue weighted by molar-refractivity contribution is -0.293. The summed E-state index contributed by atoms with van der Waals surface area (Å²) in [5, 5.41) is 32.8. The second-order valence-electron chi connectivity index (χ2n) is 8.72. The molecule has 1 fully saturated rings. The quantitative estimate of drug-likeness (QED) is 0.591. The van der Waals surface area contributed by atoms with Crippen molar-refractivity contribution in [3.05, 3.63) is 60.7 Å². The maximum Gasteiger partial charge on any atom is 0.261 e. The van der Waals surface area contributed by atoms with Crippen LogP contribution in [0.3, 0.4) is 0 Å². The molecule has 0 amide bonds. The number of hydrogen-bond acceptors (Lipinski definition) is 6. The number of ether oxygens (including phenoxy) is 2. The first-order valence-corrected chi connectivity index (χ1v) is 12.1. The predicted octanol–water partition coefficient (Wildman–Crippen LogP) is 1.02. The van der Waals surface area contributed by atoms with Gasteiger partial charge in [0.1, 0.15) is 24.4 Å². The van der Waals surface area contributed by atoms with Gasteiger partial charge in [-0.2, -0.15) is 0 Å². The van der Waals surface area contributed by atoms with Crippen molar-refractivity contribution in [3.8, 4) is 0 Å². The van der Waals surface area contributed by atoms with Crippen molar-refractivity contribution in [2.45, 2.75) is 56.5 Å². The molecule has 0 bridgehead atoms. The Morgan fingerprint density at radius 3 is 1.77 bits per heavy atom. The molecule has 0 saturated carbocycles. The van der Waals surface area contributed by atoms with E-state index in [9.17, 15) is 15.3 Å². The van der Waals surface area contributed by atoms with Gasteiger partial charge in [-0.3, -0.25) is 0 Å². The number of hydrogen-bond donors (Lipinski definition) is 3. The molecule has 3 N–H and O–H groups in total. The van der Waals surface area contributed by atoms with Gasteiger partial charge in [-0.1, -0.05) is 81.4 Å². The van der Waals surface area contributed by atoms with Crippen LogP contribution in [0.5, 0.6) is 0 Å². The van der Waals surface area contributed by atoms with Gasteiger partial charge in [0, 0.05) is 7.11 Å². The highest BCUT2D eigenvalue weighted by atomic mass is 28.4. The second-order valence-corrected chi connectivity index (χ2v) is 13.0. The lowest BCUT2D eigenvalue weighted by atomic mass is 9.99. The summed E-state index contributed by atoms with van der Waals surface area (Å²) in [6, 6.07) is 20.3. The Morgan fingerprint density at radius 2 is 1.33 bits per heavy atom. The van der Waals surface area contributed by atoms with E-state index >= 15 is 0 Å². The predicted molar refractivity (Wildman–Crippen MR) is 117 cm³/mol. The minimum atomic E-state index is -2.81. The monoisotopic (exact) mass is 432 g/mol. The molecular weight excluding hydrogens is 400 g/mol. The largest absolute Gasteiger partial charge is 0.405 e. The summed E-state index contributed by atoms with van der Waals surface area (Å²) in [6.45, 7) is 6.54. The first-order valence-electron chi connectivity index (χ1n) is 10.2. The van der Waals surface area contributed by atoms with E-state index in [0.29, 0.717) is 0 Å². The standard InChI is InChI=1S/C23H32O6Si/c1-23(2,3)30(16-11-7-5-8-12-16,17-13-9-6-10-14-17)28-15-18-19(24)20(25)21(26)22(27-4)29-18/h5-14,18-22,24-26H,15H2,1-4H3/t18?,19-,20?,21-,22?/m0/s1. The number of aliphatic hydroxyl groups excluding tert-OH is 3. The SMILES string of the molecule is COC1OC(CO[Si](c2ccccc2)(c2ccccc2)C(C)(C)C)[C@H](O)C(O)[C@@H]1O. The minimum absolute atomic E-state index is 0.0537. The summed E-state index contributed by atoms with van der Waals surface area (Å²) in [7, 11) is -1.42. The molecule has 30 heavy (non-hydrogen) atoms. The van der Waals surface area contributed by atoms with Gasteiger partial charge in [0.15, 0.2) is 6.29 Å². The maximum absolute atomic E-state index is 10.5. The lowest BCUT2D eigenvalue weighted by Crippen LogP contribution is -2.68. The summed E-state index contributed by atoms with van der Waals surface area (Å²) in [4.78, 5) is 0. The summed E-state index contributed by atoms with van der Waals surface area (Å²) in [6.07, 6.45) is -5.86.